The first-order valence-electron chi connectivity index (χ1n) is 11.4. The maximum atomic E-state index is 13.5. The van der Waals surface area contributed by atoms with Gasteiger partial charge in [-0.05, 0) is 25.2 Å². The number of fused-ring (bicyclic) bond motifs is 2. The normalized spacial score (nSPS) is 46.5. The Morgan fingerprint density at radius 2 is 1.70 bits per heavy atom. The SMILES string of the molecule is CC(=O)OCC1(C)C(OC(C)=O)CCC2(C)C3=C(C(=O)C4(CC4C)C(O)C3=O)C(O)C(O)C21. The van der Waals surface area contributed by atoms with Crippen molar-refractivity contribution in [1.29, 1.82) is 0 Å². The van der Waals surface area contributed by atoms with E-state index in [0.717, 1.165) is 0 Å². The molecule has 0 aliphatic heterocycles. The molecule has 0 aromatic carbocycles. The smallest absolute Gasteiger partial charge is 0.302 e. The van der Waals surface area contributed by atoms with Crippen LogP contribution in [0.1, 0.15) is 53.9 Å². The van der Waals surface area contributed by atoms with Crippen LogP contribution < -0.4 is 0 Å². The molecule has 4 rings (SSSR count). The van der Waals surface area contributed by atoms with Crippen molar-refractivity contribution in [2.75, 3.05) is 6.61 Å². The van der Waals surface area contributed by atoms with E-state index >= 15 is 0 Å². The summed E-state index contributed by atoms with van der Waals surface area (Å²) in [5, 5.41) is 33.4. The van der Waals surface area contributed by atoms with E-state index in [0.29, 0.717) is 6.42 Å². The first-order chi connectivity index (χ1) is 15.2. The summed E-state index contributed by atoms with van der Waals surface area (Å²) in [7, 11) is 0. The molecular weight excluding hydrogens is 432 g/mol. The number of esters is 2. The number of ether oxygens (including phenoxy) is 2. The molecule has 4 aliphatic carbocycles. The minimum absolute atomic E-state index is 0.0443. The van der Waals surface area contributed by atoms with Gasteiger partial charge in [0.1, 0.15) is 24.9 Å². The van der Waals surface area contributed by atoms with Crippen LogP contribution in [0.5, 0.6) is 0 Å². The van der Waals surface area contributed by atoms with E-state index in [-0.39, 0.29) is 36.5 Å². The van der Waals surface area contributed by atoms with Gasteiger partial charge in [0, 0.05) is 41.7 Å². The van der Waals surface area contributed by atoms with E-state index in [1.165, 1.54) is 13.8 Å². The predicted octanol–water partition coefficient (Wildman–Crippen LogP) is 0.475. The Balaban J connectivity index is 1.88. The number of rotatable bonds is 3. The van der Waals surface area contributed by atoms with Crippen LogP contribution in [0.15, 0.2) is 11.1 Å². The summed E-state index contributed by atoms with van der Waals surface area (Å²) in [6, 6.07) is 0. The molecule has 182 valence electrons. The molecule has 1 spiro atoms. The van der Waals surface area contributed by atoms with Crippen molar-refractivity contribution in [2.24, 2.45) is 28.1 Å². The van der Waals surface area contributed by atoms with Gasteiger partial charge in [0.15, 0.2) is 11.6 Å². The average molecular weight is 465 g/mol. The van der Waals surface area contributed by atoms with Gasteiger partial charge in [-0.1, -0.05) is 20.8 Å². The quantitative estimate of drug-likeness (QED) is 0.507. The lowest BCUT2D eigenvalue weighted by Gasteiger charge is -2.60. The fourth-order valence-electron chi connectivity index (χ4n) is 7.09. The lowest BCUT2D eigenvalue weighted by atomic mass is 9.45. The Morgan fingerprint density at radius 3 is 2.21 bits per heavy atom. The second-order valence-electron chi connectivity index (χ2n) is 10.8. The molecule has 0 radical (unpaired) electrons. The minimum atomic E-state index is -1.65. The minimum Gasteiger partial charge on any atom is -0.465 e. The van der Waals surface area contributed by atoms with E-state index in [2.05, 4.69) is 0 Å². The highest BCUT2D eigenvalue weighted by Gasteiger charge is 2.73. The van der Waals surface area contributed by atoms with Crippen LogP contribution in [0, 0.1) is 28.1 Å². The highest BCUT2D eigenvalue weighted by Crippen LogP contribution is 2.66. The van der Waals surface area contributed by atoms with Gasteiger partial charge in [0.2, 0.25) is 0 Å². The Bertz CT molecular complexity index is 969. The Hall–Kier alpha value is -2.10. The summed E-state index contributed by atoms with van der Waals surface area (Å²) in [5.41, 5.74) is -3.59. The predicted molar refractivity (Wildman–Crippen MR) is 112 cm³/mol. The summed E-state index contributed by atoms with van der Waals surface area (Å²) in [4.78, 5) is 50.5. The molecule has 2 fully saturated rings. The Labute approximate surface area is 192 Å². The molecule has 9 unspecified atom stereocenters. The molecule has 9 heteroatoms. The van der Waals surface area contributed by atoms with Crippen molar-refractivity contribution in [3.8, 4) is 0 Å². The van der Waals surface area contributed by atoms with Crippen molar-refractivity contribution in [3.63, 3.8) is 0 Å². The molecule has 9 nitrogen and oxygen atoms in total. The van der Waals surface area contributed by atoms with Crippen molar-refractivity contribution >= 4 is 23.5 Å². The third-order valence-electron chi connectivity index (χ3n) is 8.77. The van der Waals surface area contributed by atoms with Crippen molar-refractivity contribution < 1.29 is 44.0 Å². The molecule has 33 heavy (non-hydrogen) atoms. The van der Waals surface area contributed by atoms with Crippen LogP contribution in [0.4, 0.5) is 0 Å². The van der Waals surface area contributed by atoms with E-state index in [1.54, 1.807) is 20.8 Å². The molecule has 0 bridgehead atoms. The van der Waals surface area contributed by atoms with Gasteiger partial charge in [0.25, 0.3) is 0 Å². The molecule has 4 aliphatic rings. The second-order valence-corrected chi connectivity index (χ2v) is 10.8. The van der Waals surface area contributed by atoms with Gasteiger partial charge in [0.05, 0.1) is 11.5 Å². The maximum absolute atomic E-state index is 13.5. The third kappa shape index (κ3) is 3.08. The zero-order valence-corrected chi connectivity index (χ0v) is 19.6. The van der Waals surface area contributed by atoms with Crippen molar-refractivity contribution in [3.05, 3.63) is 11.1 Å². The van der Waals surface area contributed by atoms with Gasteiger partial charge in [-0.15, -0.1) is 0 Å². The summed E-state index contributed by atoms with van der Waals surface area (Å²) in [6.45, 7) is 7.44. The fourth-order valence-corrected chi connectivity index (χ4v) is 7.09. The summed E-state index contributed by atoms with van der Waals surface area (Å²) < 4.78 is 10.8. The molecule has 0 saturated heterocycles. The first kappa shape index (κ1) is 24.0. The number of aliphatic hydroxyl groups is 3. The monoisotopic (exact) mass is 464 g/mol. The van der Waals surface area contributed by atoms with Crippen molar-refractivity contribution in [1.82, 2.24) is 0 Å². The summed E-state index contributed by atoms with van der Waals surface area (Å²) in [5.74, 6) is -3.31. The standard InChI is InChI=1S/C24H32O9/c1-10-8-24(10)20(30)14-15(17(28)21(24)31)22(4)7-6-13(33-12(3)26)23(5,9-32-11(2)25)19(22)18(29)16(14)27/h10,13,16,18-19,21,27,29,31H,6-9H2,1-5H3. The molecule has 0 heterocycles. The van der Waals surface area contributed by atoms with Crippen LogP contribution >= 0.6 is 0 Å². The molecule has 0 aromatic rings. The zero-order chi connectivity index (χ0) is 24.7. The van der Waals surface area contributed by atoms with E-state index in [1.807, 2.05) is 0 Å². The van der Waals surface area contributed by atoms with Crippen LogP contribution in [-0.4, -0.2) is 69.8 Å². The van der Waals surface area contributed by atoms with Gasteiger partial charge < -0.3 is 24.8 Å². The number of carbonyl (C=O) groups is 4. The van der Waals surface area contributed by atoms with E-state index in [9.17, 15) is 34.5 Å². The van der Waals surface area contributed by atoms with E-state index < -0.39 is 70.1 Å². The largest absolute Gasteiger partial charge is 0.465 e. The van der Waals surface area contributed by atoms with Crippen LogP contribution in [0.25, 0.3) is 0 Å². The fraction of sp³-hybridized carbons (Fsp3) is 0.750. The number of Topliss-reactive ketones (excluding diaryl/α,β-unsaturated/α-hetero) is 2. The van der Waals surface area contributed by atoms with Gasteiger partial charge in [-0.3, -0.25) is 19.2 Å². The highest BCUT2D eigenvalue weighted by molar-refractivity contribution is 6.19. The highest BCUT2D eigenvalue weighted by atomic mass is 16.6. The lowest BCUT2D eigenvalue weighted by molar-refractivity contribution is -0.205. The number of carbonyl (C=O) groups excluding carboxylic acids is 4. The Morgan fingerprint density at radius 1 is 1.09 bits per heavy atom. The molecule has 0 aromatic heterocycles. The van der Waals surface area contributed by atoms with Gasteiger partial charge in [-0.2, -0.15) is 0 Å². The van der Waals surface area contributed by atoms with E-state index in [4.69, 9.17) is 9.47 Å². The first-order valence-corrected chi connectivity index (χ1v) is 11.4. The Kier molecular flexibility index (Phi) is 5.43. The summed E-state index contributed by atoms with van der Waals surface area (Å²) >= 11 is 0. The number of hydrogen-bond acceptors (Lipinski definition) is 9. The van der Waals surface area contributed by atoms with Gasteiger partial charge >= 0.3 is 11.9 Å². The zero-order valence-electron chi connectivity index (χ0n) is 19.6. The number of aliphatic hydroxyl groups excluding tert-OH is 3. The average Bonchev–Trinajstić information content (AvgIpc) is 3.40. The van der Waals surface area contributed by atoms with Crippen LogP contribution in [-0.2, 0) is 28.7 Å². The third-order valence-corrected chi connectivity index (χ3v) is 8.77. The number of ketones is 2. The topological polar surface area (TPSA) is 147 Å². The molecule has 2 saturated carbocycles. The van der Waals surface area contributed by atoms with Crippen LogP contribution in [0.2, 0.25) is 0 Å². The van der Waals surface area contributed by atoms with Crippen LogP contribution in [0.3, 0.4) is 0 Å². The lowest BCUT2D eigenvalue weighted by Crippen LogP contribution is -2.67. The number of hydrogen-bond donors (Lipinski definition) is 3. The maximum Gasteiger partial charge on any atom is 0.302 e. The molecule has 3 N–H and O–H groups in total. The molecule has 0 amide bonds. The molecular formula is C24H32O9. The van der Waals surface area contributed by atoms with Gasteiger partial charge in [-0.25, -0.2) is 0 Å². The van der Waals surface area contributed by atoms with Crippen molar-refractivity contribution in [2.45, 2.75) is 78.3 Å². The second kappa shape index (κ2) is 7.45. The molecule has 9 atom stereocenters. The summed E-state index contributed by atoms with van der Waals surface area (Å²) in [6.07, 6.45) is -4.51.